The second-order valence-corrected chi connectivity index (χ2v) is 4.65. The Hall–Kier alpha value is -2.17. The van der Waals surface area contributed by atoms with Gasteiger partial charge in [0.05, 0.1) is 18.1 Å². The zero-order valence-electron chi connectivity index (χ0n) is 11.3. The van der Waals surface area contributed by atoms with E-state index in [1.54, 1.807) is 12.5 Å². The summed E-state index contributed by atoms with van der Waals surface area (Å²) in [7, 11) is 0. The van der Waals surface area contributed by atoms with Crippen LogP contribution in [0.2, 0.25) is 0 Å². The van der Waals surface area contributed by atoms with Gasteiger partial charge in [0, 0.05) is 37.2 Å². The summed E-state index contributed by atoms with van der Waals surface area (Å²) in [6, 6.07) is 5.75. The summed E-state index contributed by atoms with van der Waals surface area (Å²) in [6.07, 6.45) is 5.64. The Kier molecular flexibility index (Phi) is 4.28. The van der Waals surface area contributed by atoms with E-state index in [0.29, 0.717) is 5.69 Å². The topological polar surface area (TPSA) is 65.1 Å². The number of anilines is 2. The number of nitrogens with one attached hydrogen (secondary N) is 1. The summed E-state index contributed by atoms with van der Waals surface area (Å²) >= 11 is 0. The fourth-order valence-electron chi connectivity index (χ4n) is 1.75. The highest BCUT2D eigenvalue weighted by Crippen LogP contribution is 2.26. The molecule has 102 valence electrons. The highest BCUT2D eigenvalue weighted by molar-refractivity contribution is 5.61. The van der Waals surface area contributed by atoms with E-state index in [0.717, 1.165) is 24.5 Å². The molecule has 0 unspecified atom stereocenters. The van der Waals surface area contributed by atoms with E-state index in [-0.39, 0.29) is 6.10 Å². The van der Waals surface area contributed by atoms with Crippen LogP contribution in [-0.4, -0.2) is 22.2 Å². The van der Waals surface area contributed by atoms with Gasteiger partial charge in [-0.3, -0.25) is 0 Å². The van der Waals surface area contributed by atoms with Gasteiger partial charge in [0.1, 0.15) is 5.75 Å². The third-order valence-electron chi connectivity index (χ3n) is 2.63. The minimum Gasteiger partial charge on any atom is -0.489 e. The van der Waals surface area contributed by atoms with Crippen molar-refractivity contribution in [2.24, 2.45) is 0 Å². The van der Waals surface area contributed by atoms with Crippen molar-refractivity contribution >= 4 is 11.4 Å². The van der Waals surface area contributed by atoms with Crippen LogP contribution in [0.25, 0.3) is 0 Å². The van der Waals surface area contributed by atoms with Gasteiger partial charge in [-0.15, -0.1) is 0 Å². The Morgan fingerprint density at radius 2 is 2.26 bits per heavy atom. The van der Waals surface area contributed by atoms with Crippen LogP contribution < -0.4 is 15.8 Å². The Morgan fingerprint density at radius 3 is 2.95 bits per heavy atom. The molecule has 0 bridgehead atoms. The zero-order valence-corrected chi connectivity index (χ0v) is 11.3. The quantitative estimate of drug-likeness (QED) is 0.783. The van der Waals surface area contributed by atoms with Gasteiger partial charge in [0.25, 0.3) is 0 Å². The second-order valence-electron chi connectivity index (χ2n) is 4.65. The first-order valence-electron chi connectivity index (χ1n) is 6.41. The first-order chi connectivity index (χ1) is 9.15. The normalized spacial score (nSPS) is 10.7. The number of nitrogen functional groups attached to an aromatic ring is 1. The highest BCUT2D eigenvalue weighted by atomic mass is 16.5. The van der Waals surface area contributed by atoms with Crippen LogP contribution in [0.1, 0.15) is 13.8 Å². The molecule has 0 spiro atoms. The van der Waals surface area contributed by atoms with Crippen molar-refractivity contribution < 1.29 is 4.74 Å². The number of rotatable bonds is 6. The van der Waals surface area contributed by atoms with Crippen molar-refractivity contribution in [3.8, 4) is 5.75 Å². The number of aromatic nitrogens is 2. The molecule has 0 atom stereocenters. The molecular formula is C14H20N4O. The molecule has 0 aliphatic carbocycles. The van der Waals surface area contributed by atoms with Gasteiger partial charge in [-0.25, -0.2) is 4.98 Å². The summed E-state index contributed by atoms with van der Waals surface area (Å²) in [4.78, 5) is 4.00. The second kappa shape index (κ2) is 6.13. The summed E-state index contributed by atoms with van der Waals surface area (Å²) < 4.78 is 7.68. The number of benzene rings is 1. The Bertz CT molecular complexity index is 508. The van der Waals surface area contributed by atoms with Gasteiger partial charge >= 0.3 is 0 Å². The largest absolute Gasteiger partial charge is 0.489 e. The highest BCUT2D eigenvalue weighted by Gasteiger charge is 2.04. The Labute approximate surface area is 113 Å². The van der Waals surface area contributed by atoms with E-state index >= 15 is 0 Å². The van der Waals surface area contributed by atoms with E-state index < -0.39 is 0 Å². The van der Waals surface area contributed by atoms with Crippen molar-refractivity contribution in [1.29, 1.82) is 0 Å². The maximum atomic E-state index is 5.88. The summed E-state index contributed by atoms with van der Waals surface area (Å²) in [5, 5.41) is 3.34. The molecule has 3 N–H and O–H groups in total. The Balaban J connectivity index is 1.93. The van der Waals surface area contributed by atoms with Crippen LogP contribution in [0.3, 0.4) is 0 Å². The smallest absolute Gasteiger partial charge is 0.144 e. The first-order valence-corrected chi connectivity index (χ1v) is 6.41. The lowest BCUT2D eigenvalue weighted by atomic mass is 10.2. The molecule has 5 nitrogen and oxygen atoms in total. The van der Waals surface area contributed by atoms with E-state index in [2.05, 4.69) is 10.3 Å². The van der Waals surface area contributed by atoms with Crippen molar-refractivity contribution in [2.45, 2.75) is 26.5 Å². The number of nitrogens with zero attached hydrogens (tertiary/aromatic N) is 2. The van der Waals surface area contributed by atoms with Crippen LogP contribution in [0.15, 0.2) is 36.9 Å². The van der Waals surface area contributed by atoms with E-state index in [1.165, 1.54) is 0 Å². The molecule has 0 radical (unpaired) electrons. The number of hydrogen-bond acceptors (Lipinski definition) is 4. The maximum absolute atomic E-state index is 5.88. The van der Waals surface area contributed by atoms with Gasteiger partial charge in [0.2, 0.25) is 0 Å². The summed E-state index contributed by atoms with van der Waals surface area (Å²) in [5.41, 5.74) is 7.54. The minimum atomic E-state index is 0.114. The van der Waals surface area contributed by atoms with Crippen molar-refractivity contribution in [1.82, 2.24) is 9.55 Å². The van der Waals surface area contributed by atoms with Crippen molar-refractivity contribution in [3.63, 3.8) is 0 Å². The number of ether oxygens (including phenoxy) is 1. The minimum absolute atomic E-state index is 0.114. The molecule has 0 amide bonds. The molecule has 1 aromatic heterocycles. The van der Waals surface area contributed by atoms with Gasteiger partial charge in [0.15, 0.2) is 0 Å². The molecule has 2 rings (SSSR count). The van der Waals surface area contributed by atoms with E-state index in [9.17, 15) is 0 Å². The first kappa shape index (κ1) is 13.3. The third kappa shape index (κ3) is 3.91. The number of nitrogens with two attached hydrogens (primary N) is 1. The van der Waals surface area contributed by atoms with E-state index in [1.807, 2.05) is 42.8 Å². The zero-order chi connectivity index (χ0) is 13.7. The molecule has 1 heterocycles. The fraction of sp³-hybridized carbons (Fsp3) is 0.357. The van der Waals surface area contributed by atoms with Crippen LogP contribution in [0.4, 0.5) is 11.4 Å². The van der Waals surface area contributed by atoms with Crippen molar-refractivity contribution in [2.75, 3.05) is 17.6 Å². The van der Waals surface area contributed by atoms with Crippen molar-refractivity contribution in [3.05, 3.63) is 36.9 Å². The van der Waals surface area contributed by atoms with E-state index in [4.69, 9.17) is 10.5 Å². The average molecular weight is 260 g/mol. The molecule has 0 aliphatic heterocycles. The van der Waals surface area contributed by atoms with Gasteiger partial charge in [-0.2, -0.15) is 0 Å². The maximum Gasteiger partial charge on any atom is 0.144 e. The molecule has 0 saturated carbocycles. The van der Waals surface area contributed by atoms with Crippen LogP contribution in [-0.2, 0) is 6.54 Å². The number of hydrogen-bond donors (Lipinski definition) is 2. The fourth-order valence-corrected chi connectivity index (χ4v) is 1.75. The standard InChI is InChI=1S/C14H20N4O/c1-11(2)19-14-9-12(3-4-13(14)15)17-6-8-18-7-5-16-10-18/h3-5,7,9-11,17H,6,8,15H2,1-2H3. The molecule has 0 aliphatic rings. The molecular weight excluding hydrogens is 240 g/mol. The predicted octanol–water partition coefficient (Wildman–Crippen LogP) is 2.36. The van der Waals surface area contributed by atoms with Gasteiger partial charge in [-0.05, 0) is 26.0 Å². The molecule has 5 heteroatoms. The summed E-state index contributed by atoms with van der Waals surface area (Å²) in [5.74, 6) is 0.725. The van der Waals surface area contributed by atoms with Crippen LogP contribution >= 0.6 is 0 Å². The van der Waals surface area contributed by atoms with Gasteiger partial charge in [-0.1, -0.05) is 0 Å². The Morgan fingerprint density at radius 1 is 1.42 bits per heavy atom. The lowest BCUT2D eigenvalue weighted by Gasteiger charge is -2.14. The molecule has 1 aromatic carbocycles. The molecule has 0 fully saturated rings. The molecule has 2 aromatic rings. The lowest BCUT2D eigenvalue weighted by molar-refractivity contribution is 0.244. The monoisotopic (exact) mass is 260 g/mol. The predicted molar refractivity (Wildman–Crippen MR) is 77.3 cm³/mol. The lowest BCUT2D eigenvalue weighted by Crippen LogP contribution is -2.10. The van der Waals surface area contributed by atoms with Crippen LogP contribution in [0.5, 0.6) is 5.75 Å². The average Bonchev–Trinajstić information content (AvgIpc) is 2.86. The third-order valence-corrected chi connectivity index (χ3v) is 2.63. The summed E-state index contributed by atoms with van der Waals surface area (Å²) in [6.45, 7) is 5.66. The van der Waals surface area contributed by atoms with Crippen LogP contribution in [0, 0.1) is 0 Å². The molecule has 0 saturated heterocycles. The van der Waals surface area contributed by atoms with Gasteiger partial charge < -0.3 is 20.4 Å². The molecule has 19 heavy (non-hydrogen) atoms. The number of imidazole rings is 1. The SMILES string of the molecule is CC(C)Oc1cc(NCCn2ccnc2)ccc1N.